The Morgan fingerprint density at radius 1 is 1.27 bits per heavy atom. The summed E-state index contributed by atoms with van der Waals surface area (Å²) in [6.07, 6.45) is 6.11. The van der Waals surface area contributed by atoms with Crippen LogP contribution in [-0.4, -0.2) is 29.5 Å². The quantitative estimate of drug-likeness (QED) is 0.887. The third-order valence-electron chi connectivity index (χ3n) is 4.46. The topological polar surface area (TPSA) is 39.1 Å². The summed E-state index contributed by atoms with van der Waals surface area (Å²) in [5, 5.41) is 7.84. The highest BCUT2D eigenvalue weighted by atomic mass is 79.9. The molecule has 3 rings (SSSR count). The van der Waals surface area contributed by atoms with Gasteiger partial charge in [0.2, 0.25) is 0 Å². The number of benzene rings is 1. The van der Waals surface area contributed by atoms with Crippen molar-refractivity contribution in [2.45, 2.75) is 24.8 Å². The lowest BCUT2D eigenvalue weighted by atomic mass is 9.74. The van der Waals surface area contributed by atoms with Crippen LogP contribution in [0.1, 0.15) is 24.0 Å². The van der Waals surface area contributed by atoms with Crippen LogP contribution in [-0.2, 0) is 23.7 Å². The summed E-state index contributed by atoms with van der Waals surface area (Å²) in [5.41, 5.74) is 2.79. The van der Waals surface area contributed by atoms with Crippen LogP contribution in [0.5, 0.6) is 0 Å². The van der Waals surface area contributed by atoms with E-state index in [1.807, 2.05) is 17.9 Å². The van der Waals surface area contributed by atoms with Crippen LogP contribution in [0.25, 0.3) is 0 Å². The van der Waals surface area contributed by atoms with Crippen molar-refractivity contribution >= 4 is 15.9 Å². The molecule has 1 saturated heterocycles. The Balaban J connectivity index is 1.70. The molecule has 2 heterocycles. The van der Waals surface area contributed by atoms with Gasteiger partial charge in [0.25, 0.3) is 0 Å². The second-order valence-corrected chi connectivity index (χ2v) is 6.94. The zero-order chi connectivity index (χ0) is 15.4. The summed E-state index contributed by atoms with van der Waals surface area (Å²) in [6, 6.07) is 8.74. The van der Waals surface area contributed by atoms with Gasteiger partial charge in [0.05, 0.1) is 6.20 Å². The number of nitrogens with zero attached hydrogens (tertiary/aromatic N) is 2. The van der Waals surface area contributed by atoms with Gasteiger partial charge in [0.15, 0.2) is 0 Å². The first-order chi connectivity index (χ1) is 10.7. The standard InChI is InChI=1S/C17H22BrN3O/c1-21-12-14(11-20-21)10-19-13-17(6-8-22-9-7-17)15-2-4-16(18)5-3-15/h2-5,11-12,19H,6-10,13H2,1H3. The van der Waals surface area contributed by atoms with Gasteiger partial charge in [-0.15, -0.1) is 0 Å². The van der Waals surface area contributed by atoms with E-state index < -0.39 is 0 Å². The lowest BCUT2D eigenvalue weighted by Crippen LogP contribution is -2.42. The maximum atomic E-state index is 5.59. The van der Waals surface area contributed by atoms with E-state index in [-0.39, 0.29) is 5.41 Å². The van der Waals surface area contributed by atoms with E-state index in [0.29, 0.717) is 0 Å². The van der Waals surface area contributed by atoms with Gasteiger partial charge in [-0.25, -0.2) is 0 Å². The fourth-order valence-electron chi connectivity index (χ4n) is 3.14. The SMILES string of the molecule is Cn1cc(CNCC2(c3ccc(Br)cc3)CCOCC2)cn1. The first-order valence-electron chi connectivity index (χ1n) is 7.70. The Labute approximate surface area is 140 Å². The van der Waals surface area contributed by atoms with E-state index in [2.05, 4.69) is 56.8 Å². The summed E-state index contributed by atoms with van der Waals surface area (Å²) >= 11 is 3.52. The molecule has 0 unspecified atom stereocenters. The Morgan fingerprint density at radius 2 is 2.00 bits per heavy atom. The molecule has 0 saturated carbocycles. The highest BCUT2D eigenvalue weighted by Crippen LogP contribution is 2.35. The second kappa shape index (κ2) is 6.94. The van der Waals surface area contributed by atoms with Crippen LogP contribution < -0.4 is 5.32 Å². The Hall–Kier alpha value is -1.17. The molecule has 1 aliphatic heterocycles. The number of nitrogens with one attached hydrogen (secondary N) is 1. The summed E-state index contributed by atoms with van der Waals surface area (Å²) < 4.78 is 8.56. The van der Waals surface area contributed by atoms with Crippen LogP contribution in [0.15, 0.2) is 41.1 Å². The molecule has 0 aliphatic carbocycles. The molecule has 118 valence electrons. The van der Waals surface area contributed by atoms with Crippen molar-refractivity contribution < 1.29 is 4.74 Å². The zero-order valence-corrected chi connectivity index (χ0v) is 14.5. The molecule has 0 amide bonds. The van der Waals surface area contributed by atoms with Crippen LogP contribution in [0, 0.1) is 0 Å². The summed E-state index contributed by atoms with van der Waals surface area (Å²) in [7, 11) is 1.95. The number of aryl methyl sites for hydroxylation is 1. The van der Waals surface area contributed by atoms with Crippen molar-refractivity contribution in [1.82, 2.24) is 15.1 Å². The molecule has 4 nitrogen and oxygen atoms in total. The van der Waals surface area contributed by atoms with Crippen molar-refractivity contribution in [3.63, 3.8) is 0 Å². The predicted molar refractivity (Wildman–Crippen MR) is 90.8 cm³/mol. The average molecular weight is 364 g/mol. The lowest BCUT2D eigenvalue weighted by molar-refractivity contribution is 0.0498. The highest BCUT2D eigenvalue weighted by Gasteiger charge is 2.34. The number of hydrogen-bond acceptors (Lipinski definition) is 3. The van der Waals surface area contributed by atoms with Crippen LogP contribution in [0.4, 0.5) is 0 Å². The molecular weight excluding hydrogens is 342 g/mol. The van der Waals surface area contributed by atoms with Gasteiger partial charge >= 0.3 is 0 Å². The van der Waals surface area contributed by atoms with Gasteiger partial charge in [0.1, 0.15) is 0 Å². The van der Waals surface area contributed by atoms with Gasteiger partial charge in [-0.1, -0.05) is 28.1 Å². The van der Waals surface area contributed by atoms with E-state index in [1.165, 1.54) is 11.1 Å². The Bertz CT molecular complexity index is 603. The van der Waals surface area contributed by atoms with Gasteiger partial charge < -0.3 is 10.1 Å². The van der Waals surface area contributed by atoms with Crippen LogP contribution >= 0.6 is 15.9 Å². The van der Waals surface area contributed by atoms with E-state index in [0.717, 1.165) is 43.6 Å². The van der Waals surface area contributed by atoms with Crippen molar-refractivity contribution in [3.8, 4) is 0 Å². The summed E-state index contributed by atoms with van der Waals surface area (Å²) in [6.45, 7) is 3.50. The smallest absolute Gasteiger partial charge is 0.0534 e. The molecule has 0 atom stereocenters. The molecule has 1 aromatic heterocycles. The van der Waals surface area contributed by atoms with Crippen molar-refractivity contribution in [3.05, 3.63) is 52.3 Å². The van der Waals surface area contributed by atoms with Crippen molar-refractivity contribution in [1.29, 1.82) is 0 Å². The number of rotatable bonds is 5. The van der Waals surface area contributed by atoms with E-state index in [1.54, 1.807) is 0 Å². The monoisotopic (exact) mass is 363 g/mol. The van der Waals surface area contributed by atoms with Crippen molar-refractivity contribution in [2.24, 2.45) is 7.05 Å². The third kappa shape index (κ3) is 3.59. The molecule has 1 aromatic carbocycles. The minimum atomic E-state index is 0.168. The third-order valence-corrected chi connectivity index (χ3v) is 4.99. The maximum Gasteiger partial charge on any atom is 0.0534 e. The molecule has 5 heteroatoms. The van der Waals surface area contributed by atoms with Gasteiger partial charge in [-0.3, -0.25) is 4.68 Å². The first kappa shape index (κ1) is 15.7. The number of aromatic nitrogens is 2. The normalized spacial score (nSPS) is 17.5. The molecular formula is C17H22BrN3O. The summed E-state index contributed by atoms with van der Waals surface area (Å²) in [5.74, 6) is 0. The minimum absolute atomic E-state index is 0.168. The second-order valence-electron chi connectivity index (χ2n) is 6.03. The summed E-state index contributed by atoms with van der Waals surface area (Å²) in [4.78, 5) is 0. The van der Waals surface area contributed by atoms with E-state index in [9.17, 15) is 0 Å². The van der Waals surface area contributed by atoms with Gasteiger partial charge in [-0.2, -0.15) is 5.10 Å². The molecule has 22 heavy (non-hydrogen) atoms. The molecule has 1 N–H and O–H groups in total. The maximum absolute atomic E-state index is 5.59. The van der Waals surface area contributed by atoms with Crippen molar-refractivity contribution in [2.75, 3.05) is 19.8 Å². The number of ether oxygens (including phenoxy) is 1. The van der Waals surface area contributed by atoms with E-state index >= 15 is 0 Å². The fraction of sp³-hybridized carbons (Fsp3) is 0.471. The van der Waals surface area contributed by atoms with E-state index in [4.69, 9.17) is 4.74 Å². The Kier molecular flexibility index (Phi) is 4.96. The van der Waals surface area contributed by atoms with Gasteiger partial charge in [-0.05, 0) is 30.5 Å². The highest BCUT2D eigenvalue weighted by molar-refractivity contribution is 9.10. The lowest BCUT2D eigenvalue weighted by Gasteiger charge is -2.38. The Morgan fingerprint density at radius 3 is 2.64 bits per heavy atom. The zero-order valence-electron chi connectivity index (χ0n) is 12.9. The number of hydrogen-bond donors (Lipinski definition) is 1. The molecule has 0 spiro atoms. The predicted octanol–water partition coefficient (Wildman–Crippen LogP) is 3.02. The number of halogens is 1. The molecule has 0 radical (unpaired) electrons. The van der Waals surface area contributed by atoms with Crippen LogP contribution in [0.3, 0.4) is 0 Å². The first-order valence-corrected chi connectivity index (χ1v) is 8.49. The molecule has 1 fully saturated rings. The fourth-order valence-corrected chi connectivity index (χ4v) is 3.41. The molecule has 0 bridgehead atoms. The minimum Gasteiger partial charge on any atom is -0.381 e. The van der Waals surface area contributed by atoms with Crippen LogP contribution in [0.2, 0.25) is 0 Å². The van der Waals surface area contributed by atoms with Gasteiger partial charge in [0, 0.05) is 55.0 Å². The average Bonchev–Trinajstić information content (AvgIpc) is 2.94. The molecule has 2 aromatic rings. The molecule has 1 aliphatic rings. The largest absolute Gasteiger partial charge is 0.381 e.